The fraction of sp³-hybridized carbons (Fsp3) is 0.875. The molecule has 1 fully saturated rings. The first kappa shape index (κ1) is 17.0. The molecule has 2 atom stereocenters. The van der Waals surface area contributed by atoms with Gasteiger partial charge in [-0.3, -0.25) is 9.59 Å². The minimum absolute atomic E-state index is 0.0265. The highest BCUT2D eigenvalue weighted by Crippen LogP contribution is 2.24. The molecule has 1 aliphatic rings. The molecule has 0 heterocycles. The van der Waals surface area contributed by atoms with Gasteiger partial charge in [0.2, 0.25) is 5.91 Å². The zero-order valence-electron chi connectivity index (χ0n) is 12.7. The third kappa shape index (κ3) is 6.40. The maximum absolute atomic E-state index is 11.9. The normalized spacial score (nSPS) is 22.4. The molecular formula is C16H29NO3. The van der Waals surface area contributed by atoms with Crippen molar-refractivity contribution in [3.05, 3.63) is 0 Å². The van der Waals surface area contributed by atoms with Crippen LogP contribution < -0.4 is 5.32 Å². The van der Waals surface area contributed by atoms with Crippen LogP contribution >= 0.6 is 0 Å². The molecule has 2 N–H and O–H groups in total. The van der Waals surface area contributed by atoms with E-state index in [-0.39, 0.29) is 11.9 Å². The van der Waals surface area contributed by atoms with Crippen LogP contribution in [0, 0.1) is 5.92 Å². The maximum atomic E-state index is 11.9. The lowest BCUT2D eigenvalue weighted by Gasteiger charge is -2.29. The number of nitrogens with one attached hydrogen (secondary N) is 1. The predicted molar refractivity (Wildman–Crippen MR) is 79.5 cm³/mol. The van der Waals surface area contributed by atoms with E-state index in [0.29, 0.717) is 12.8 Å². The Morgan fingerprint density at radius 2 is 1.70 bits per heavy atom. The third-order valence-electron chi connectivity index (χ3n) is 4.19. The first-order valence-electron chi connectivity index (χ1n) is 8.17. The summed E-state index contributed by atoms with van der Waals surface area (Å²) in [6.07, 6.45) is 11.0. The number of carbonyl (C=O) groups excluding carboxylic acids is 1. The molecule has 20 heavy (non-hydrogen) atoms. The number of unbranched alkanes of at least 4 members (excludes halogenated alkanes) is 5. The summed E-state index contributed by atoms with van der Waals surface area (Å²) in [5.74, 6) is -1.13. The van der Waals surface area contributed by atoms with Gasteiger partial charge in [0.05, 0.1) is 5.92 Å². The Morgan fingerprint density at radius 3 is 2.40 bits per heavy atom. The fourth-order valence-corrected chi connectivity index (χ4v) is 2.94. The second-order valence-corrected chi connectivity index (χ2v) is 5.92. The number of rotatable bonds is 9. The second-order valence-electron chi connectivity index (χ2n) is 5.92. The van der Waals surface area contributed by atoms with E-state index in [9.17, 15) is 9.59 Å². The molecule has 0 aliphatic heterocycles. The highest BCUT2D eigenvalue weighted by atomic mass is 16.4. The zero-order valence-corrected chi connectivity index (χ0v) is 12.7. The number of aliphatic carboxylic acids is 1. The van der Waals surface area contributed by atoms with E-state index < -0.39 is 11.9 Å². The fourth-order valence-electron chi connectivity index (χ4n) is 2.94. The highest BCUT2D eigenvalue weighted by Gasteiger charge is 2.31. The Morgan fingerprint density at radius 1 is 1.05 bits per heavy atom. The number of carbonyl (C=O) groups is 2. The van der Waals surface area contributed by atoms with Crippen molar-refractivity contribution in [2.24, 2.45) is 5.92 Å². The SMILES string of the molecule is CCCCCCCCC(=O)NC1CCCCC1C(=O)O. The lowest BCUT2D eigenvalue weighted by atomic mass is 9.84. The first-order chi connectivity index (χ1) is 9.65. The van der Waals surface area contributed by atoms with Gasteiger partial charge in [-0.1, -0.05) is 51.9 Å². The topological polar surface area (TPSA) is 66.4 Å². The summed E-state index contributed by atoms with van der Waals surface area (Å²) in [6.45, 7) is 2.19. The number of hydrogen-bond donors (Lipinski definition) is 2. The summed E-state index contributed by atoms with van der Waals surface area (Å²) >= 11 is 0. The van der Waals surface area contributed by atoms with Gasteiger partial charge in [0.15, 0.2) is 0 Å². The van der Waals surface area contributed by atoms with E-state index in [4.69, 9.17) is 5.11 Å². The average molecular weight is 283 g/mol. The molecule has 4 nitrogen and oxygen atoms in total. The van der Waals surface area contributed by atoms with Crippen LogP contribution in [0.15, 0.2) is 0 Å². The molecule has 1 rings (SSSR count). The van der Waals surface area contributed by atoms with E-state index >= 15 is 0 Å². The van der Waals surface area contributed by atoms with Gasteiger partial charge in [-0.2, -0.15) is 0 Å². The van der Waals surface area contributed by atoms with Crippen LogP contribution in [0.4, 0.5) is 0 Å². The highest BCUT2D eigenvalue weighted by molar-refractivity contribution is 5.78. The van der Waals surface area contributed by atoms with Crippen molar-refractivity contribution in [3.8, 4) is 0 Å². The van der Waals surface area contributed by atoms with Crippen LogP contribution in [0.2, 0.25) is 0 Å². The smallest absolute Gasteiger partial charge is 0.308 e. The van der Waals surface area contributed by atoms with Crippen LogP contribution in [0.5, 0.6) is 0 Å². The standard InChI is InChI=1S/C16H29NO3/c1-2-3-4-5-6-7-12-15(18)17-14-11-9-8-10-13(14)16(19)20/h13-14H,2-12H2,1H3,(H,17,18)(H,19,20). The molecule has 0 saturated heterocycles. The summed E-state index contributed by atoms with van der Waals surface area (Å²) in [7, 11) is 0. The Bertz CT molecular complexity index is 304. The molecule has 0 spiro atoms. The predicted octanol–water partition coefficient (Wildman–Crippen LogP) is 3.50. The Kier molecular flexibility index (Phi) is 8.31. The van der Waals surface area contributed by atoms with E-state index in [1.54, 1.807) is 0 Å². The number of hydrogen-bond acceptors (Lipinski definition) is 2. The van der Waals surface area contributed by atoms with Crippen molar-refractivity contribution >= 4 is 11.9 Å². The van der Waals surface area contributed by atoms with Crippen LogP contribution in [0.25, 0.3) is 0 Å². The molecule has 1 amide bonds. The quantitative estimate of drug-likeness (QED) is 0.636. The molecule has 4 heteroatoms. The summed E-state index contributed by atoms with van der Waals surface area (Å²) in [5, 5.41) is 12.1. The first-order valence-corrected chi connectivity index (χ1v) is 8.17. The summed E-state index contributed by atoms with van der Waals surface area (Å²) in [5.41, 5.74) is 0. The summed E-state index contributed by atoms with van der Waals surface area (Å²) in [4.78, 5) is 23.0. The van der Waals surface area contributed by atoms with Crippen molar-refractivity contribution < 1.29 is 14.7 Å². The number of amides is 1. The summed E-state index contributed by atoms with van der Waals surface area (Å²) in [6, 6.07) is -0.158. The van der Waals surface area contributed by atoms with Gasteiger partial charge in [-0.05, 0) is 19.3 Å². The Hall–Kier alpha value is -1.06. The molecule has 1 aliphatic carbocycles. The Labute approximate surface area is 122 Å². The maximum Gasteiger partial charge on any atom is 0.308 e. The molecule has 0 aromatic carbocycles. The van der Waals surface area contributed by atoms with Gasteiger partial charge in [-0.15, -0.1) is 0 Å². The van der Waals surface area contributed by atoms with Crippen LogP contribution in [0.1, 0.15) is 77.6 Å². The minimum atomic E-state index is -0.769. The largest absolute Gasteiger partial charge is 0.481 e. The molecule has 0 radical (unpaired) electrons. The van der Waals surface area contributed by atoms with Gasteiger partial charge < -0.3 is 10.4 Å². The third-order valence-corrected chi connectivity index (χ3v) is 4.19. The lowest BCUT2D eigenvalue weighted by molar-refractivity contribution is -0.144. The number of carboxylic acid groups (broad SMARTS) is 1. The molecular weight excluding hydrogens is 254 g/mol. The van der Waals surface area contributed by atoms with E-state index in [1.165, 1.54) is 25.7 Å². The van der Waals surface area contributed by atoms with Crippen molar-refractivity contribution in [2.75, 3.05) is 0 Å². The van der Waals surface area contributed by atoms with E-state index in [1.807, 2.05) is 0 Å². The van der Waals surface area contributed by atoms with Crippen LogP contribution in [0.3, 0.4) is 0 Å². The van der Waals surface area contributed by atoms with Crippen LogP contribution in [-0.2, 0) is 9.59 Å². The number of carboxylic acids is 1. The van der Waals surface area contributed by atoms with Gasteiger partial charge >= 0.3 is 5.97 Å². The molecule has 0 aromatic heterocycles. The second kappa shape index (κ2) is 9.78. The van der Waals surface area contributed by atoms with Gasteiger partial charge in [-0.25, -0.2) is 0 Å². The lowest BCUT2D eigenvalue weighted by Crippen LogP contribution is -2.45. The molecule has 116 valence electrons. The van der Waals surface area contributed by atoms with E-state index in [0.717, 1.165) is 32.1 Å². The molecule has 0 bridgehead atoms. The Balaban J connectivity index is 2.18. The molecule has 0 aromatic rings. The van der Waals surface area contributed by atoms with Crippen molar-refractivity contribution in [1.82, 2.24) is 5.32 Å². The van der Waals surface area contributed by atoms with E-state index in [2.05, 4.69) is 12.2 Å². The van der Waals surface area contributed by atoms with Crippen molar-refractivity contribution in [1.29, 1.82) is 0 Å². The molecule has 1 saturated carbocycles. The average Bonchev–Trinajstić information content (AvgIpc) is 2.43. The van der Waals surface area contributed by atoms with Crippen molar-refractivity contribution in [2.45, 2.75) is 83.6 Å². The van der Waals surface area contributed by atoms with Crippen LogP contribution in [-0.4, -0.2) is 23.0 Å². The van der Waals surface area contributed by atoms with Gasteiger partial charge in [0.25, 0.3) is 0 Å². The zero-order chi connectivity index (χ0) is 14.8. The van der Waals surface area contributed by atoms with Gasteiger partial charge in [0.1, 0.15) is 0 Å². The van der Waals surface area contributed by atoms with Gasteiger partial charge in [0, 0.05) is 12.5 Å². The summed E-state index contributed by atoms with van der Waals surface area (Å²) < 4.78 is 0. The molecule has 2 unspecified atom stereocenters. The van der Waals surface area contributed by atoms with Crippen molar-refractivity contribution in [3.63, 3.8) is 0 Å². The monoisotopic (exact) mass is 283 g/mol. The minimum Gasteiger partial charge on any atom is -0.481 e.